The minimum Gasteiger partial charge on any atom is -0.495 e. The number of carbonyl (C=O) groups is 2. The summed E-state index contributed by atoms with van der Waals surface area (Å²) in [5, 5.41) is 9.46. The monoisotopic (exact) mass is 277 g/mol. The molecule has 1 saturated heterocycles. The Bertz CT molecular complexity index is 542. The van der Waals surface area contributed by atoms with E-state index in [-0.39, 0.29) is 11.8 Å². The van der Waals surface area contributed by atoms with Crippen LogP contribution in [0.15, 0.2) is 24.3 Å². The highest BCUT2D eigenvalue weighted by Gasteiger charge is 2.56. The Hall–Kier alpha value is -2.04. The maximum absolute atomic E-state index is 12.6. The standard InChI is InChI=1S/C15H19NO4/c1-4-10-9-16(13(17)15(10,2)14(18)19)11-7-5-6-8-12(11)20-3/h5-8,10H,4,9H2,1-3H3,(H,18,19). The molecule has 1 aromatic rings. The van der Waals surface area contributed by atoms with E-state index in [9.17, 15) is 14.7 Å². The Morgan fingerprint density at radius 1 is 1.50 bits per heavy atom. The number of aliphatic carboxylic acids is 1. The molecule has 1 aliphatic heterocycles. The van der Waals surface area contributed by atoms with Crippen molar-refractivity contribution in [2.75, 3.05) is 18.6 Å². The number of amides is 1. The van der Waals surface area contributed by atoms with E-state index in [1.165, 1.54) is 18.9 Å². The molecule has 2 atom stereocenters. The summed E-state index contributed by atoms with van der Waals surface area (Å²) >= 11 is 0. The van der Waals surface area contributed by atoms with Crippen molar-refractivity contribution in [3.05, 3.63) is 24.3 Å². The average Bonchev–Trinajstić information content (AvgIpc) is 2.72. The van der Waals surface area contributed by atoms with E-state index in [2.05, 4.69) is 0 Å². The van der Waals surface area contributed by atoms with Crippen molar-refractivity contribution in [3.8, 4) is 5.75 Å². The van der Waals surface area contributed by atoms with Gasteiger partial charge in [-0.1, -0.05) is 19.1 Å². The maximum Gasteiger partial charge on any atom is 0.319 e. The predicted octanol–water partition coefficient (Wildman–Crippen LogP) is 2.16. The molecule has 1 aromatic carbocycles. The van der Waals surface area contributed by atoms with E-state index in [4.69, 9.17) is 4.74 Å². The number of nitrogens with zero attached hydrogens (tertiary/aromatic N) is 1. The molecule has 5 nitrogen and oxygen atoms in total. The highest BCUT2D eigenvalue weighted by molar-refractivity contribution is 6.12. The number of carboxylic acid groups (broad SMARTS) is 1. The van der Waals surface area contributed by atoms with Crippen molar-refractivity contribution >= 4 is 17.6 Å². The summed E-state index contributed by atoms with van der Waals surface area (Å²) in [5.41, 5.74) is -0.737. The van der Waals surface area contributed by atoms with E-state index >= 15 is 0 Å². The van der Waals surface area contributed by atoms with Crippen LogP contribution in [-0.2, 0) is 9.59 Å². The number of benzene rings is 1. The number of hydrogen-bond acceptors (Lipinski definition) is 3. The molecule has 1 N–H and O–H groups in total. The molecule has 0 spiro atoms. The van der Waals surface area contributed by atoms with Crippen LogP contribution in [0.4, 0.5) is 5.69 Å². The van der Waals surface area contributed by atoms with Crippen LogP contribution < -0.4 is 9.64 Å². The van der Waals surface area contributed by atoms with Gasteiger partial charge in [-0.2, -0.15) is 0 Å². The molecular weight excluding hydrogens is 258 g/mol. The van der Waals surface area contributed by atoms with Gasteiger partial charge in [0.1, 0.15) is 11.2 Å². The molecule has 2 rings (SSSR count). The second-order valence-corrected chi connectivity index (χ2v) is 5.20. The fourth-order valence-corrected chi connectivity index (χ4v) is 2.80. The van der Waals surface area contributed by atoms with E-state index < -0.39 is 11.4 Å². The Labute approximate surface area is 118 Å². The van der Waals surface area contributed by atoms with Crippen LogP contribution in [-0.4, -0.2) is 30.6 Å². The molecule has 0 radical (unpaired) electrons. The summed E-state index contributed by atoms with van der Waals surface area (Å²) in [4.78, 5) is 25.7. The second-order valence-electron chi connectivity index (χ2n) is 5.20. The van der Waals surface area contributed by atoms with E-state index in [1.54, 1.807) is 12.1 Å². The molecule has 20 heavy (non-hydrogen) atoms. The molecule has 1 amide bonds. The molecular formula is C15H19NO4. The summed E-state index contributed by atoms with van der Waals surface area (Å²) in [6.07, 6.45) is 0.639. The first-order chi connectivity index (χ1) is 9.46. The lowest BCUT2D eigenvalue weighted by Crippen LogP contribution is -2.41. The minimum atomic E-state index is -1.37. The fraction of sp³-hybridized carbons (Fsp3) is 0.467. The van der Waals surface area contributed by atoms with Crippen LogP contribution >= 0.6 is 0 Å². The van der Waals surface area contributed by atoms with Gasteiger partial charge in [0.05, 0.1) is 12.8 Å². The van der Waals surface area contributed by atoms with Gasteiger partial charge in [0.15, 0.2) is 0 Å². The van der Waals surface area contributed by atoms with Crippen LogP contribution in [0.5, 0.6) is 5.75 Å². The van der Waals surface area contributed by atoms with Gasteiger partial charge in [0.2, 0.25) is 5.91 Å². The number of ether oxygens (including phenoxy) is 1. The maximum atomic E-state index is 12.6. The average molecular weight is 277 g/mol. The van der Waals surface area contributed by atoms with Crippen molar-refractivity contribution in [1.29, 1.82) is 0 Å². The predicted molar refractivity (Wildman–Crippen MR) is 74.9 cm³/mol. The lowest BCUT2D eigenvalue weighted by Gasteiger charge is -2.23. The van der Waals surface area contributed by atoms with Gasteiger partial charge in [0, 0.05) is 12.5 Å². The number of methoxy groups -OCH3 is 1. The SMILES string of the molecule is CCC1CN(c2ccccc2OC)C(=O)C1(C)C(=O)O. The molecule has 0 aliphatic carbocycles. The molecule has 1 fully saturated rings. The molecule has 0 aromatic heterocycles. The van der Waals surface area contributed by atoms with Gasteiger partial charge < -0.3 is 14.7 Å². The highest BCUT2D eigenvalue weighted by Crippen LogP contribution is 2.43. The van der Waals surface area contributed by atoms with Gasteiger partial charge in [-0.15, -0.1) is 0 Å². The minimum absolute atomic E-state index is 0.211. The lowest BCUT2D eigenvalue weighted by atomic mass is 9.78. The summed E-state index contributed by atoms with van der Waals surface area (Å²) in [5.74, 6) is -1.07. The van der Waals surface area contributed by atoms with Crippen molar-refractivity contribution < 1.29 is 19.4 Å². The van der Waals surface area contributed by atoms with Gasteiger partial charge in [-0.05, 0) is 25.5 Å². The summed E-state index contributed by atoms with van der Waals surface area (Å²) in [7, 11) is 1.53. The Morgan fingerprint density at radius 2 is 2.15 bits per heavy atom. The highest BCUT2D eigenvalue weighted by atomic mass is 16.5. The zero-order valence-corrected chi connectivity index (χ0v) is 11.9. The molecule has 0 saturated carbocycles. The summed E-state index contributed by atoms with van der Waals surface area (Å²) in [6.45, 7) is 3.82. The largest absolute Gasteiger partial charge is 0.495 e. The van der Waals surface area contributed by atoms with E-state index in [0.29, 0.717) is 24.4 Å². The number of para-hydroxylation sites is 2. The number of rotatable bonds is 4. The quantitative estimate of drug-likeness (QED) is 0.856. The first-order valence-electron chi connectivity index (χ1n) is 6.65. The first kappa shape index (κ1) is 14.4. The summed E-state index contributed by atoms with van der Waals surface area (Å²) in [6, 6.07) is 7.16. The Kier molecular flexibility index (Phi) is 3.70. The van der Waals surface area contributed by atoms with Crippen molar-refractivity contribution in [2.45, 2.75) is 20.3 Å². The molecule has 5 heteroatoms. The van der Waals surface area contributed by atoms with Crippen LogP contribution in [0.3, 0.4) is 0 Å². The van der Waals surface area contributed by atoms with Gasteiger partial charge >= 0.3 is 5.97 Å². The van der Waals surface area contributed by atoms with Crippen LogP contribution in [0.1, 0.15) is 20.3 Å². The number of carbonyl (C=O) groups excluding carboxylic acids is 1. The normalized spacial score (nSPS) is 25.9. The molecule has 0 bridgehead atoms. The number of carboxylic acids is 1. The number of anilines is 1. The third-order valence-corrected chi connectivity index (χ3v) is 4.22. The summed E-state index contributed by atoms with van der Waals surface area (Å²) < 4.78 is 5.26. The molecule has 2 unspecified atom stereocenters. The van der Waals surface area contributed by atoms with E-state index in [1.807, 2.05) is 19.1 Å². The molecule has 108 valence electrons. The Morgan fingerprint density at radius 3 is 2.65 bits per heavy atom. The first-order valence-corrected chi connectivity index (χ1v) is 6.65. The van der Waals surface area contributed by atoms with Crippen molar-refractivity contribution in [1.82, 2.24) is 0 Å². The zero-order valence-electron chi connectivity index (χ0n) is 11.9. The second kappa shape index (κ2) is 5.15. The van der Waals surface area contributed by atoms with E-state index in [0.717, 1.165) is 0 Å². The third kappa shape index (κ3) is 1.94. The van der Waals surface area contributed by atoms with Gasteiger partial charge in [-0.25, -0.2) is 0 Å². The van der Waals surface area contributed by atoms with Gasteiger partial charge in [0.25, 0.3) is 0 Å². The van der Waals surface area contributed by atoms with Crippen LogP contribution in [0.2, 0.25) is 0 Å². The lowest BCUT2D eigenvalue weighted by molar-refractivity contribution is -0.154. The fourth-order valence-electron chi connectivity index (χ4n) is 2.80. The third-order valence-electron chi connectivity index (χ3n) is 4.22. The number of hydrogen-bond donors (Lipinski definition) is 1. The molecule has 1 aliphatic rings. The van der Waals surface area contributed by atoms with Crippen LogP contribution in [0, 0.1) is 11.3 Å². The van der Waals surface area contributed by atoms with Crippen molar-refractivity contribution in [2.24, 2.45) is 11.3 Å². The Balaban J connectivity index is 2.46. The smallest absolute Gasteiger partial charge is 0.319 e. The molecule has 1 heterocycles. The van der Waals surface area contributed by atoms with Gasteiger partial charge in [-0.3, -0.25) is 9.59 Å². The van der Waals surface area contributed by atoms with Crippen molar-refractivity contribution in [3.63, 3.8) is 0 Å². The van der Waals surface area contributed by atoms with Crippen LogP contribution in [0.25, 0.3) is 0 Å². The topological polar surface area (TPSA) is 66.8 Å². The zero-order chi connectivity index (χ0) is 14.9.